The summed E-state index contributed by atoms with van der Waals surface area (Å²) in [5, 5.41) is 0. The first-order valence-corrected chi connectivity index (χ1v) is 7.90. The number of nitrogens with zero attached hydrogens (tertiary/aromatic N) is 1. The number of hydrogen-bond donors (Lipinski definition) is 2. The molecule has 1 amide bonds. The van der Waals surface area contributed by atoms with Crippen LogP contribution in [0.25, 0.3) is 0 Å². The maximum Gasteiger partial charge on any atom is 0.337 e. The fourth-order valence-corrected chi connectivity index (χ4v) is 3.06. The molecule has 2 rings (SSSR count). The first-order valence-electron chi connectivity index (χ1n) is 6.42. The van der Waals surface area contributed by atoms with E-state index in [1.54, 1.807) is 0 Å². The van der Waals surface area contributed by atoms with Crippen LogP contribution in [0.5, 0.6) is 0 Å². The summed E-state index contributed by atoms with van der Waals surface area (Å²) in [4.78, 5) is 22.4. The SMILES string of the molecule is COC(=O)c1ccc(NS(=O)(=O)c2cc(C(N)=O)n(C)c2)cc1. The average molecular weight is 337 g/mol. The van der Waals surface area contributed by atoms with Crippen molar-refractivity contribution in [3.8, 4) is 0 Å². The number of nitrogens with one attached hydrogen (secondary N) is 1. The molecule has 0 fully saturated rings. The highest BCUT2D eigenvalue weighted by molar-refractivity contribution is 7.92. The Morgan fingerprint density at radius 2 is 1.83 bits per heavy atom. The van der Waals surface area contributed by atoms with E-state index in [0.717, 1.165) is 0 Å². The van der Waals surface area contributed by atoms with Gasteiger partial charge in [0.15, 0.2) is 0 Å². The molecule has 0 unspecified atom stereocenters. The lowest BCUT2D eigenvalue weighted by molar-refractivity contribution is 0.0600. The molecule has 1 aromatic heterocycles. The molecular formula is C14H15N3O5S. The molecule has 0 saturated carbocycles. The van der Waals surface area contributed by atoms with Crippen LogP contribution in [0.15, 0.2) is 41.4 Å². The summed E-state index contributed by atoms with van der Waals surface area (Å²) in [5.41, 5.74) is 5.80. The normalized spacial score (nSPS) is 11.0. The summed E-state index contributed by atoms with van der Waals surface area (Å²) >= 11 is 0. The number of ether oxygens (including phenoxy) is 1. The summed E-state index contributed by atoms with van der Waals surface area (Å²) in [6.45, 7) is 0. The van der Waals surface area contributed by atoms with E-state index in [0.29, 0.717) is 5.56 Å². The number of rotatable bonds is 5. The molecule has 9 heteroatoms. The van der Waals surface area contributed by atoms with Crippen LogP contribution in [0.2, 0.25) is 0 Å². The number of sulfonamides is 1. The molecule has 2 aromatic rings. The van der Waals surface area contributed by atoms with E-state index >= 15 is 0 Å². The summed E-state index contributed by atoms with van der Waals surface area (Å²) < 4.78 is 32.8. The Morgan fingerprint density at radius 1 is 1.22 bits per heavy atom. The molecule has 0 saturated heterocycles. The molecule has 0 spiro atoms. The maximum atomic E-state index is 12.3. The fraction of sp³-hybridized carbons (Fsp3) is 0.143. The number of hydrogen-bond acceptors (Lipinski definition) is 5. The van der Waals surface area contributed by atoms with Gasteiger partial charge in [-0.15, -0.1) is 0 Å². The Bertz CT molecular complexity index is 853. The van der Waals surface area contributed by atoms with Crippen molar-refractivity contribution < 1.29 is 22.7 Å². The van der Waals surface area contributed by atoms with Crippen LogP contribution in [0.3, 0.4) is 0 Å². The van der Waals surface area contributed by atoms with Gasteiger partial charge < -0.3 is 15.0 Å². The van der Waals surface area contributed by atoms with Crippen LogP contribution in [-0.2, 0) is 21.8 Å². The largest absolute Gasteiger partial charge is 0.465 e. The van der Waals surface area contributed by atoms with Gasteiger partial charge in [0.25, 0.3) is 15.9 Å². The van der Waals surface area contributed by atoms with Gasteiger partial charge in [-0.3, -0.25) is 9.52 Å². The number of anilines is 1. The molecule has 1 heterocycles. The fourth-order valence-electron chi connectivity index (χ4n) is 1.93. The van der Waals surface area contributed by atoms with Gasteiger partial charge in [-0.25, -0.2) is 13.2 Å². The molecule has 1 aromatic carbocycles. The number of carbonyl (C=O) groups is 2. The van der Waals surface area contributed by atoms with E-state index in [1.165, 1.54) is 55.3 Å². The van der Waals surface area contributed by atoms with Gasteiger partial charge in [-0.2, -0.15) is 0 Å². The van der Waals surface area contributed by atoms with Crippen LogP contribution >= 0.6 is 0 Å². The number of primary amides is 1. The van der Waals surface area contributed by atoms with E-state index in [4.69, 9.17) is 5.73 Å². The Morgan fingerprint density at radius 3 is 2.30 bits per heavy atom. The van der Waals surface area contributed by atoms with E-state index in [1.807, 2.05) is 0 Å². The Balaban J connectivity index is 2.26. The van der Waals surface area contributed by atoms with Crippen molar-refractivity contribution in [1.29, 1.82) is 0 Å². The number of aryl methyl sites for hydroxylation is 1. The highest BCUT2D eigenvalue weighted by Crippen LogP contribution is 2.19. The second-order valence-electron chi connectivity index (χ2n) is 4.71. The van der Waals surface area contributed by atoms with Crippen LogP contribution in [0.1, 0.15) is 20.8 Å². The zero-order chi connectivity index (χ0) is 17.2. The lowest BCUT2D eigenvalue weighted by atomic mass is 10.2. The first-order chi connectivity index (χ1) is 10.7. The highest BCUT2D eigenvalue weighted by atomic mass is 32.2. The minimum absolute atomic E-state index is 0.0754. The quantitative estimate of drug-likeness (QED) is 0.779. The van der Waals surface area contributed by atoms with Gasteiger partial charge in [-0.1, -0.05) is 0 Å². The van der Waals surface area contributed by atoms with E-state index in [2.05, 4.69) is 9.46 Å². The van der Waals surface area contributed by atoms with E-state index in [9.17, 15) is 18.0 Å². The standard InChI is InChI=1S/C14H15N3O5S/c1-17-8-11(7-12(17)13(15)18)23(20,21)16-10-5-3-9(4-6-10)14(19)22-2/h3-8,16H,1-2H3,(H2,15,18). The molecule has 0 aliphatic heterocycles. The third-order valence-electron chi connectivity index (χ3n) is 3.10. The number of esters is 1. The van der Waals surface area contributed by atoms with Crippen molar-refractivity contribution in [3.63, 3.8) is 0 Å². The Labute approximate surface area is 132 Å². The zero-order valence-corrected chi connectivity index (χ0v) is 13.3. The van der Waals surface area contributed by atoms with Crippen molar-refractivity contribution in [1.82, 2.24) is 4.57 Å². The van der Waals surface area contributed by atoms with Crippen LogP contribution in [0.4, 0.5) is 5.69 Å². The van der Waals surface area contributed by atoms with Gasteiger partial charge in [0, 0.05) is 18.9 Å². The lowest BCUT2D eigenvalue weighted by Crippen LogP contribution is -2.14. The molecule has 0 aliphatic carbocycles. The van der Waals surface area contributed by atoms with Gasteiger partial charge in [-0.05, 0) is 30.3 Å². The minimum Gasteiger partial charge on any atom is -0.465 e. The predicted molar refractivity (Wildman–Crippen MR) is 82.5 cm³/mol. The lowest BCUT2D eigenvalue weighted by Gasteiger charge is -2.07. The van der Waals surface area contributed by atoms with Crippen molar-refractivity contribution >= 4 is 27.6 Å². The zero-order valence-electron chi connectivity index (χ0n) is 12.4. The third-order valence-corrected chi connectivity index (χ3v) is 4.45. The third kappa shape index (κ3) is 3.51. The molecule has 0 aliphatic rings. The van der Waals surface area contributed by atoms with Gasteiger partial charge in [0.1, 0.15) is 10.6 Å². The monoisotopic (exact) mass is 337 g/mol. The van der Waals surface area contributed by atoms with E-state index < -0.39 is 21.9 Å². The van der Waals surface area contributed by atoms with Crippen LogP contribution < -0.4 is 10.5 Å². The molecule has 0 atom stereocenters. The predicted octanol–water partition coefficient (Wildman–Crippen LogP) is 0.711. The molecule has 3 N–H and O–H groups in total. The van der Waals surface area contributed by atoms with Gasteiger partial charge in [0.05, 0.1) is 12.7 Å². The number of nitrogens with two attached hydrogens (primary N) is 1. The van der Waals surface area contributed by atoms with E-state index in [-0.39, 0.29) is 16.3 Å². The highest BCUT2D eigenvalue weighted by Gasteiger charge is 2.19. The molecule has 0 radical (unpaired) electrons. The van der Waals surface area contributed by atoms with Gasteiger partial charge in [0.2, 0.25) is 0 Å². The smallest absolute Gasteiger partial charge is 0.337 e. The number of aromatic nitrogens is 1. The Kier molecular flexibility index (Phi) is 4.41. The van der Waals surface area contributed by atoms with Crippen LogP contribution in [0, 0.1) is 0 Å². The molecule has 0 bridgehead atoms. The summed E-state index contributed by atoms with van der Waals surface area (Å²) in [6.07, 6.45) is 1.28. The number of benzene rings is 1. The van der Waals surface area contributed by atoms with Crippen molar-refractivity contribution in [2.24, 2.45) is 12.8 Å². The van der Waals surface area contributed by atoms with Crippen molar-refractivity contribution in [2.75, 3.05) is 11.8 Å². The van der Waals surface area contributed by atoms with Crippen molar-refractivity contribution in [2.45, 2.75) is 4.90 Å². The molecule has 8 nitrogen and oxygen atoms in total. The minimum atomic E-state index is -3.88. The number of amides is 1. The molecular weight excluding hydrogens is 322 g/mol. The average Bonchev–Trinajstić information content (AvgIpc) is 2.90. The first kappa shape index (κ1) is 16.6. The number of carbonyl (C=O) groups excluding carboxylic acids is 2. The summed E-state index contributed by atoms with van der Waals surface area (Å²) in [6, 6.07) is 6.92. The van der Waals surface area contributed by atoms with Gasteiger partial charge >= 0.3 is 5.97 Å². The number of methoxy groups -OCH3 is 1. The summed E-state index contributed by atoms with van der Waals surface area (Å²) in [5.74, 6) is -1.25. The maximum absolute atomic E-state index is 12.3. The van der Waals surface area contributed by atoms with Crippen LogP contribution in [-0.4, -0.2) is 32.0 Å². The summed E-state index contributed by atoms with van der Waals surface area (Å²) in [7, 11) is -1.11. The topological polar surface area (TPSA) is 120 Å². The Hall–Kier alpha value is -2.81. The molecule has 23 heavy (non-hydrogen) atoms. The van der Waals surface area contributed by atoms with Crippen molar-refractivity contribution in [3.05, 3.63) is 47.8 Å². The second kappa shape index (κ2) is 6.13. The second-order valence-corrected chi connectivity index (χ2v) is 6.39. The molecule has 122 valence electrons.